The highest BCUT2D eigenvalue weighted by Gasteiger charge is 2.64. The van der Waals surface area contributed by atoms with E-state index in [9.17, 15) is 40.9 Å². The average molecular weight is 456 g/mol. The molecule has 1 aromatic carbocycles. The summed E-state index contributed by atoms with van der Waals surface area (Å²) in [5.41, 5.74) is -2.55. The molecule has 2 fully saturated rings. The van der Waals surface area contributed by atoms with E-state index in [4.69, 9.17) is 14.2 Å². The quantitative estimate of drug-likeness (QED) is 0.205. The fraction of sp³-hybridized carbons (Fsp3) is 0.619. The van der Waals surface area contributed by atoms with Crippen LogP contribution in [-0.4, -0.2) is 109 Å². The van der Waals surface area contributed by atoms with Gasteiger partial charge in [0.05, 0.1) is 13.2 Å². The molecule has 1 aromatic rings. The number of aliphatic hydroxyl groups excluding tert-OH is 6. The van der Waals surface area contributed by atoms with E-state index < -0.39 is 73.6 Å². The molecule has 2 heterocycles. The van der Waals surface area contributed by atoms with Gasteiger partial charge in [-0.05, 0) is 6.92 Å². The van der Waals surface area contributed by atoms with Crippen molar-refractivity contribution in [1.29, 1.82) is 0 Å². The minimum atomic E-state index is -2.60. The van der Waals surface area contributed by atoms with E-state index in [1.165, 1.54) is 19.1 Å². The van der Waals surface area contributed by atoms with Crippen LogP contribution in [0.4, 0.5) is 0 Å². The van der Waals surface area contributed by atoms with Gasteiger partial charge in [0.25, 0.3) is 0 Å². The van der Waals surface area contributed by atoms with Crippen molar-refractivity contribution in [2.24, 2.45) is 0 Å². The van der Waals surface area contributed by atoms with Gasteiger partial charge >= 0.3 is 0 Å². The van der Waals surface area contributed by atoms with Crippen LogP contribution < -0.4 is 0 Å². The summed E-state index contributed by atoms with van der Waals surface area (Å²) in [7, 11) is 0. The van der Waals surface area contributed by atoms with Crippen LogP contribution in [0, 0.1) is 11.8 Å². The molecule has 0 aliphatic carbocycles. The maximum atomic E-state index is 11.3. The zero-order valence-corrected chi connectivity index (χ0v) is 17.2. The molecule has 2 saturated heterocycles. The van der Waals surface area contributed by atoms with Crippen molar-refractivity contribution in [1.82, 2.24) is 0 Å². The predicted octanol–water partition coefficient (Wildman–Crippen LogP) is -3.48. The first kappa shape index (κ1) is 25.0. The summed E-state index contributed by atoms with van der Waals surface area (Å²) in [4.78, 5) is 0. The monoisotopic (exact) mass is 456 g/mol. The summed E-state index contributed by atoms with van der Waals surface area (Å²) in [6.45, 7) is 0.130. The summed E-state index contributed by atoms with van der Waals surface area (Å²) in [5, 5.41) is 82.6. The Kier molecular flexibility index (Phi) is 7.55. The lowest BCUT2D eigenvalue weighted by atomic mass is 9.77. The maximum Gasteiger partial charge on any atom is 0.237 e. The molecule has 8 N–H and O–H groups in total. The van der Waals surface area contributed by atoms with Gasteiger partial charge in [0.15, 0.2) is 6.29 Å². The van der Waals surface area contributed by atoms with Crippen molar-refractivity contribution in [3.63, 3.8) is 0 Å². The molecular weight excluding hydrogens is 428 g/mol. The van der Waals surface area contributed by atoms with Gasteiger partial charge in [-0.15, -0.1) is 5.92 Å². The Morgan fingerprint density at radius 3 is 2.19 bits per heavy atom. The zero-order valence-electron chi connectivity index (χ0n) is 17.2. The Balaban J connectivity index is 1.84. The van der Waals surface area contributed by atoms with Crippen molar-refractivity contribution < 1.29 is 55.1 Å². The Labute approximate surface area is 184 Å². The van der Waals surface area contributed by atoms with E-state index >= 15 is 0 Å². The molecule has 0 radical (unpaired) electrons. The summed E-state index contributed by atoms with van der Waals surface area (Å²) < 4.78 is 16.2. The highest BCUT2D eigenvalue weighted by Crippen LogP contribution is 2.43. The van der Waals surface area contributed by atoms with Crippen LogP contribution >= 0.6 is 0 Å². The number of hydrogen-bond acceptors (Lipinski definition) is 11. The van der Waals surface area contributed by atoms with Crippen molar-refractivity contribution in [2.45, 2.75) is 67.3 Å². The molecule has 10 atom stereocenters. The van der Waals surface area contributed by atoms with Gasteiger partial charge in [0.2, 0.25) is 11.4 Å². The topological polar surface area (TPSA) is 190 Å². The summed E-state index contributed by atoms with van der Waals surface area (Å²) >= 11 is 0. The molecule has 0 spiro atoms. The molecule has 11 nitrogen and oxygen atoms in total. The number of ether oxygens (including phenoxy) is 3. The highest BCUT2D eigenvalue weighted by molar-refractivity contribution is 5.34. The third kappa shape index (κ3) is 4.16. The number of benzene rings is 1. The minimum Gasteiger partial charge on any atom is -0.394 e. The molecule has 0 aromatic heterocycles. The van der Waals surface area contributed by atoms with Crippen LogP contribution in [0.25, 0.3) is 0 Å². The van der Waals surface area contributed by atoms with Crippen LogP contribution in [0.2, 0.25) is 0 Å². The largest absolute Gasteiger partial charge is 0.394 e. The van der Waals surface area contributed by atoms with Crippen LogP contribution in [0.5, 0.6) is 0 Å². The molecule has 32 heavy (non-hydrogen) atoms. The van der Waals surface area contributed by atoms with E-state index in [1.807, 2.05) is 0 Å². The van der Waals surface area contributed by atoms with Crippen molar-refractivity contribution in [2.75, 3.05) is 13.2 Å². The van der Waals surface area contributed by atoms with E-state index in [-0.39, 0.29) is 5.56 Å². The van der Waals surface area contributed by atoms with Crippen LogP contribution in [-0.2, 0) is 20.0 Å². The fourth-order valence-electron chi connectivity index (χ4n) is 3.86. The Morgan fingerprint density at radius 2 is 1.59 bits per heavy atom. The van der Waals surface area contributed by atoms with Gasteiger partial charge in [0.1, 0.15) is 42.7 Å². The molecule has 0 amide bonds. The van der Waals surface area contributed by atoms with Crippen LogP contribution in [0.1, 0.15) is 12.5 Å². The second-order valence-electron chi connectivity index (χ2n) is 7.77. The summed E-state index contributed by atoms with van der Waals surface area (Å²) in [5.74, 6) is 2.15. The SMILES string of the molecule is CC#C[C@@]1(O)[C@@H](O)[C@H](O)[C@@H](CO[C@@H]2O[C@H](CO)[C@@H](O)[C@H](O)[C@H]2O)O[C@@]1(O)c1ccccc1. The van der Waals surface area contributed by atoms with Gasteiger partial charge in [-0.3, -0.25) is 0 Å². The third-order valence-electron chi connectivity index (χ3n) is 5.72. The van der Waals surface area contributed by atoms with Crippen LogP contribution in [0.3, 0.4) is 0 Å². The molecule has 178 valence electrons. The zero-order chi connectivity index (χ0) is 23.7. The first-order chi connectivity index (χ1) is 15.1. The third-order valence-corrected chi connectivity index (χ3v) is 5.72. The van der Waals surface area contributed by atoms with E-state index in [0.29, 0.717) is 0 Å². The molecule has 2 aliphatic heterocycles. The number of hydrogen-bond donors (Lipinski definition) is 8. The van der Waals surface area contributed by atoms with E-state index in [1.54, 1.807) is 18.2 Å². The second kappa shape index (κ2) is 9.68. The highest BCUT2D eigenvalue weighted by atomic mass is 16.7. The first-order valence-corrected chi connectivity index (χ1v) is 10.0. The Bertz CT molecular complexity index is 824. The maximum absolute atomic E-state index is 11.3. The molecular formula is C21H28O11. The van der Waals surface area contributed by atoms with Gasteiger partial charge in [-0.2, -0.15) is 0 Å². The molecule has 0 unspecified atom stereocenters. The Morgan fingerprint density at radius 1 is 0.938 bits per heavy atom. The van der Waals surface area contributed by atoms with Crippen molar-refractivity contribution in [3.8, 4) is 11.8 Å². The van der Waals surface area contributed by atoms with Gasteiger partial charge in [0, 0.05) is 5.56 Å². The lowest BCUT2D eigenvalue weighted by Gasteiger charge is -2.51. The van der Waals surface area contributed by atoms with Gasteiger partial charge in [-0.1, -0.05) is 36.3 Å². The van der Waals surface area contributed by atoms with Crippen molar-refractivity contribution in [3.05, 3.63) is 35.9 Å². The normalized spacial score (nSPS) is 44.5. The summed E-state index contributed by atoms with van der Waals surface area (Å²) in [6.07, 6.45) is -12.9. The average Bonchev–Trinajstić information content (AvgIpc) is 2.80. The number of rotatable bonds is 5. The molecule has 2 aliphatic rings. The fourth-order valence-corrected chi connectivity index (χ4v) is 3.86. The summed E-state index contributed by atoms with van der Waals surface area (Å²) in [6, 6.07) is 7.65. The van der Waals surface area contributed by atoms with Gasteiger partial charge in [-0.25, -0.2) is 0 Å². The lowest BCUT2D eigenvalue weighted by Crippen LogP contribution is -2.71. The molecule has 0 bridgehead atoms. The minimum absolute atomic E-state index is 0.0500. The second-order valence-corrected chi connectivity index (χ2v) is 7.77. The standard InChI is InChI=1S/C21H28O11/c1-2-8-20(28)18(27)15(24)13(32-21(20,29)11-6-4-3-5-7-11)10-30-19-17(26)16(25)14(23)12(9-22)31-19/h3-7,12-19,22-29H,9-10H2,1H3/t12-,13-,14-,15-,16+,17-,18+,19-,20-,21+/m1/s1. The molecule has 11 heteroatoms. The van der Waals surface area contributed by atoms with E-state index in [2.05, 4.69) is 11.8 Å². The predicted molar refractivity (Wildman–Crippen MR) is 105 cm³/mol. The van der Waals surface area contributed by atoms with Crippen molar-refractivity contribution >= 4 is 0 Å². The molecule has 3 rings (SSSR count). The Hall–Kier alpha value is -1.66. The molecule has 0 saturated carbocycles. The van der Waals surface area contributed by atoms with Crippen LogP contribution in [0.15, 0.2) is 30.3 Å². The smallest absolute Gasteiger partial charge is 0.237 e. The lowest BCUT2D eigenvalue weighted by molar-refractivity contribution is -0.388. The first-order valence-electron chi connectivity index (χ1n) is 10.0. The number of aliphatic hydroxyl groups is 8. The van der Waals surface area contributed by atoms with Gasteiger partial charge < -0.3 is 55.1 Å². The van der Waals surface area contributed by atoms with E-state index in [0.717, 1.165) is 0 Å².